The molecule has 0 unspecified atom stereocenters. The second kappa shape index (κ2) is 7.69. The van der Waals surface area contributed by atoms with Gasteiger partial charge in [-0.25, -0.2) is 23.1 Å². The van der Waals surface area contributed by atoms with Gasteiger partial charge in [-0.2, -0.15) is 5.10 Å². The number of aromatic nitrogens is 6. The lowest BCUT2D eigenvalue weighted by Crippen LogP contribution is -2.22. The van der Waals surface area contributed by atoms with Crippen LogP contribution in [0.25, 0.3) is 38.9 Å². The molecule has 0 aliphatic carbocycles. The molecule has 5 rings (SSSR count). The smallest absolute Gasteiger partial charge is 0.334 e. The van der Waals surface area contributed by atoms with Crippen LogP contribution in [0.4, 0.5) is 8.78 Å². The van der Waals surface area contributed by atoms with Crippen LogP contribution in [0.3, 0.4) is 0 Å². The third kappa shape index (κ3) is 3.20. The van der Waals surface area contributed by atoms with Crippen LogP contribution in [-0.2, 0) is 14.1 Å². The van der Waals surface area contributed by atoms with Crippen molar-refractivity contribution in [2.75, 3.05) is 14.0 Å². The van der Waals surface area contributed by atoms with Gasteiger partial charge in [0.05, 0.1) is 42.3 Å². The maximum Gasteiger partial charge on any atom is 0.334 e. The Kier molecular flexibility index (Phi) is 4.81. The molecular weight excluding hydrogens is 434 g/mol. The number of pyridine rings is 2. The van der Waals surface area contributed by atoms with E-state index in [1.807, 2.05) is 12.3 Å². The van der Waals surface area contributed by atoms with Gasteiger partial charge >= 0.3 is 5.69 Å². The van der Waals surface area contributed by atoms with E-state index in [0.29, 0.717) is 27.7 Å². The average Bonchev–Trinajstić information content (AvgIpc) is 3.35. The van der Waals surface area contributed by atoms with Crippen LogP contribution in [0.2, 0.25) is 0 Å². The van der Waals surface area contributed by atoms with Crippen molar-refractivity contribution in [2.24, 2.45) is 14.1 Å². The van der Waals surface area contributed by atoms with E-state index in [-0.39, 0.29) is 11.6 Å². The van der Waals surface area contributed by atoms with Gasteiger partial charge in [-0.05, 0) is 6.07 Å². The Morgan fingerprint density at radius 3 is 2.58 bits per heavy atom. The van der Waals surface area contributed by atoms with Crippen LogP contribution in [-0.4, -0.2) is 42.9 Å². The van der Waals surface area contributed by atoms with Crippen LogP contribution in [0.5, 0.6) is 11.5 Å². The fraction of sp³-hybridized carbons (Fsp3) is 0.182. The molecule has 0 N–H and O–H groups in total. The van der Waals surface area contributed by atoms with Gasteiger partial charge in [0.1, 0.15) is 11.5 Å². The predicted molar refractivity (Wildman–Crippen MR) is 117 cm³/mol. The summed E-state index contributed by atoms with van der Waals surface area (Å²) in [4.78, 5) is 21.7. The minimum atomic E-state index is -1.12. The number of aryl methyl sites for hydroxylation is 2. The number of rotatable bonds is 5. The van der Waals surface area contributed by atoms with Crippen LogP contribution >= 0.6 is 0 Å². The van der Waals surface area contributed by atoms with E-state index in [4.69, 9.17) is 4.74 Å². The first-order chi connectivity index (χ1) is 15.9. The van der Waals surface area contributed by atoms with E-state index in [1.165, 1.54) is 15.3 Å². The number of imidazole rings is 1. The lowest BCUT2D eigenvalue weighted by atomic mass is 10.0. The second-order valence-electron chi connectivity index (χ2n) is 7.37. The van der Waals surface area contributed by atoms with Crippen molar-refractivity contribution in [3.63, 3.8) is 0 Å². The quantitative estimate of drug-likeness (QED) is 0.407. The number of halogens is 2. The van der Waals surface area contributed by atoms with Crippen molar-refractivity contribution >= 4 is 21.9 Å². The van der Waals surface area contributed by atoms with Crippen LogP contribution in [0, 0.1) is 5.82 Å². The fourth-order valence-corrected chi connectivity index (χ4v) is 3.90. The molecule has 5 aromatic rings. The molecule has 4 aromatic heterocycles. The fourth-order valence-electron chi connectivity index (χ4n) is 3.90. The molecule has 11 heteroatoms. The zero-order valence-corrected chi connectivity index (χ0v) is 17.9. The van der Waals surface area contributed by atoms with E-state index in [9.17, 15) is 13.6 Å². The second-order valence-corrected chi connectivity index (χ2v) is 7.37. The molecule has 0 bridgehead atoms. The van der Waals surface area contributed by atoms with Crippen molar-refractivity contribution < 1.29 is 18.3 Å². The predicted octanol–water partition coefficient (Wildman–Crippen LogP) is 3.13. The van der Waals surface area contributed by atoms with Crippen molar-refractivity contribution in [3.05, 3.63) is 59.3 Å². The Hall–Kier alpha value is -4.28. The molecule has 1 aromatic carbocycles. The minimum absolute atomic E-state index is 0.0813. The highest BCUT2D eigenvalue weighted by molar-refractivity contribution is 6.05. The van der Waals surface area contributed by atoms with Crippen LogP contribution < -0.4 is 15.2 Å². The normalized spacial score (nSPS) is 11.4. The third-order valence-corrected chi connectivity index (χ3v) is 5.45. The molecule has 0 saturated carbocycles. The first-order valence-electron chi connectivity index (χ1n) is 9.84. The standard InChI is InChI=1S/C22H18F2N6O3/c1-28-10-12(7-27-28)14-5-15-17(6-19(14)32-3)25-9-18-20(15)30(22(31)29(18)2)21-16(24)4-13(8-26-21)33-11-23/h4-10H,11H2,1-3H3. The Balaban J connectivity index is 1.87. The summed E-state index contributed by atoms with van der Waals surface area (Å²) in [5.41, 5.74) is 2.48. The van der Waals surface area contributed by atoms with E-state index in [2.05, 4.69) is 19.8 Å². The maximum atomic E-state index is 15.0. The molecule has 4 heterocycles. The van der Waals surface area contributed by atoms with Gasteiger partial charge in [-0.15, -0.1) is 0 Å². The van der Waals surface area contributed by atoms with Crippen LogP contribution in [0.1, 0.15) is 0 Å². The number of methoxy groups -OCH3 is 1. The molecule has 0 radical (unpaired) electrons. The number of hydrogen-bond acceptors (Lipinski definition) is 6. The minimum Gasteiger partial charge on any atom is -0.496 e. The SMILES string of the molecule is COc1cc2ncc3c(c2cc1-c1cnn(C)c1)n(-c1ncc(OCF)cc1F)c(=O)n3C. The number of ether oxygens (including phenoxy) is 2. The highest BCUT2D eigenvalue weighted by Gasteiger charge is 2.21. The zero-order chi connectivity index (χ0) is 23.3. The largest absolute Gasteiger partial charge is 0.496 e. The summed E-state index contributed by atoms with van der Waals surface area (Å²) in [6.07, 6.45) is 6.23. The Bertz CT molecular complexity index is 1590. The molecule has 0 fully saturated rings. The summed E-state index contributed by atoms with van der Waals surface area (Å²) < 4.78 is 41.9. The highest BCUT2D eigenvalue weighted by atomic mass is 19.1. The number of alkyl halides is 1. The Morgan fingerprint density at radius 2 is 1.91 bits per heavy atom. The van der Waals surface area contributed by atoms with Crippen molar-refractivity contribution in [1.82, 2.24) is 28.9 Å². The van der Waals surface area contributed by atoms with E-state index < -0.39 is 18.4 Å². The van der Waals surface area contributed by atoms with Gasteiger partial charge in [0.25, 0.3) is 0 Å². The summed E-state index contributed by atoms with van der Waals surface area (Å²) in [5, 5.41) is 4.81. The number of nitrogens with zero attached hydrogens (tertiary/aromatic N) is 6. The molecule has 33 heavy (non-hydrogen) atoms. The molecule has 0 amide bonds. The van der Waals surface area contributed by atoms with Gasteiger partial charge in [0.15, 0.2) is 11.6 Å². The van der Waals surface area contributed by atoms with Gasteiger partial charge in [0, 0.05) is 48.9 Å². The number of benzene rings is 1. The maximum absolute atomic E-state index is 15.0. The molecule has 0 saturated heterocycles. The van der Waals surface area contributed by atoms with Gasteiger partial charge in [-0.3, -0.25) is 14.2 Å². The first-order valence-corrected chi connectivity index (χ1v) is 9.84. The van der Waals surface area contributed by atoms with E-state index in [1.54, 1.807) is 38.2 Å². The summed E-state index contributed by atoms with van der Waals surface area (Å²) in [6, 6.07) is 4.57. The average molecular weight is 452 g/mol. The summed E-state index contributed by atoms with van der Waals surface area (Å²) in [7, 11) is 4.92. The van der Waals surface area contributed by atoms with Crippen LogP contribution in [0.15, 0.2) is 47.8 Å². The van der Waals surface area contributed by atoms with Gasteiger partial charge < -0.3 is 9.47 Å². The topological polar surface area (TPSA) is 89.0 Å². The molecular formula is C22H18F2N6O3. The van der Waals surface area contributed by atoms with E-state index >= 15 is 0 Å². The highest BCUT2D eigenvalue weighted by Crippen LogP contribution is 2.36. The molecule has 0 spiro atoms. The summed E-state index contributed by atoms with van der Waals surface area (Å²) in [5.74, 6) is -0.573. The monoisotopic (exact) mass is 452 g/mol. The van der Waals surface area contributed by atoms with Crippen molar-refractivity contribution in [3.8, 4) is 28.4 Å². The van der Waals surface area contributed by atoms with Crippen molar-refractivity contribution in [1.29, 1.82) is 0 Å². The van der Waals surface area contributed by atoms with Gasteiger partial charge in [0.2, 0.25) is 6.86 Å². The summed E-state index contributed by atoms with van der Waals surface area (Å²) in [6.45, 7) is -1.12. The van der Waals surface area contributed by atoms with Crippen molar-refractivity contribution in [2.45, 2.75) is 0 Å². The Labute approximate surface area is 185 Å². The Morgan fingerprint density at radius 1 is 1.09 bits per heavy atom. The zero-order valence-electron chi connectivity index (χ0n) is 17.9. The number of hydrogen-bond donors (Lipinski definition) is 0. The van der Waals surface area contributed by atoms with E-state index in [0.717, 1.165) is 23.4 Å². The third-order valence-electron chi connectivity index (χ3n) is 5.45. The molecule has 168 valence electrons. The molecule has 0 aliphatic heterocycles. The number of fused-ring (bicyclic) bond motifs is 3. The van der Waals surface area contributed by atoms with Gasteiger partial charge in [-0.1, -0.05) is 0 Å². The lowest BCUT2D eigenvalue weighted by molar-refractivity contribution is 0.190. The summed E-state index contributed by atoms with van der Waals surface area (Å²) >= 11 is 0. The molecule has 0 aliphatic rings. The lowest BCUT2D eigenvalue weighted by Gasteiger charge is -2.11. The molecule has 0 atom stereocenters. The molecule has 9 nitrogen and oxygen atoms in total. The first kappa shape index (κ1) is 20.6.